The van der Waals surface area contributed by atoms with Crippen LogP contribution in [0.2, 0.25) is 0 Å². The molecule has 3 heteroatoms. The summed E-state index contributed by atoms with van der Waals surface area (Å²) in [5, 5.41) is 6.84. The van der Waals surface area contributed by atoms with Gasteiger partial charge in [0, 0.05) is 25.2 Å². The lowest BCUT2D eigenvalue weighted by Gasteiger charge is -2.18. The van der Waals surface area contributed by atoms with Gasteiger partial charge in [0.1, 0.15) is 0 Å². The molecule has 3 rings (SSSR count). The van der Waals surface area contributed by atoms with Crippen LogP contribution in [0.15, 0.2) is 41.2 Å². The van der Waals surface area contributed by atoms with Crippen LogP contribution in [0.3, 0.4) is 0 Å². The predicted molar refractivity (Wildman–Crippen MR) is 71.1 cm³/mol. The van der Waals surface area contributed by atoms with Gasteiger partial charge in [-0.25, -0.2) is 0 Å². The maximum atomic E-state index is 5.04. The van der Waals surface area contributed by atoms with Crippen LogP contribution < -0.4 is 10.6 Å². The van der Waals surface area contributed by atoms with Gasteiger partial charge in [-0.15, -0.1) is 0 Å². The summed E-state index contributed by atoms with van der Waals surface area (Å²) in [5.41, 5.74) is 5.48. The van der Waals surface area contributed by atoms with Gasteiger partial charge in [0.25, 0.3) is 0 Å². The van der Waals surface area contributed by atoms with Crippen molar-refractivity contribution in [2.24, 2.45) is 0 Å². The molecule has 0 saturated heterocycles. The van der Waals surface area contributed by atoms with E-state index in [9.17, 15) is 0 Å². The Labute approximate surface area is 107 Å². The summed E-state index contributed by atoms with van der Waals surface area (Å²) < 4.78 is 5.04. The topological polar surface area (TPSA) is 37.2 Å². The van der Waals surface area contributed by atoms with Crippen LogP contribution in [0.25, 0.3) is 0 Å². The van der Waals surface area contributed by atoms with E-state index in [1.54, 1.807) is 12.5 Å². The summed E-state index contributed by atoms with van der Waals surface area (Å²) >= 11 is 0. The average Bonchev–Trinajstić information content (AvgIpc) is 2.92. The number of hydrogen-bond acceptors (Lipinski definition) is 3. The molecule has 0 saturated carbocycles. The van der Waals surface area contributed by atoms with Crippen molar-refractivity contribution in [3.05, 3.63) is 59.0 Å². The van der Waals surface area contributed by atoms with E-state index in [-0.39, 0.29) is 0 Å². The molecule has 0 unspecified atom stereocenters. The average molecular weight is 242 g/mol. The van der Waals surface area contributed by atoms with Crippen molar-refractivity contribution in [2.75, 3.05) is 6.54 Å². The number of benzene rings is 1. The molecule has 1 aromatic heterocycles. The normalized spacial score (nSPS) is 14.4. The zero-order chi connectivity index (χ0) is 12.2. The zero-order valence-electron chi connectivity index (χ0n) is 10.4. The van der Waals surface area contributed by atoms with Gasteiger partial charge in [0.2, 0.25) is 0 Å². The molecule has 2 aromatic rings. The van der Waals surface area contributed by atoms with E-state index < -0.39 is 0 Å². The first kappa shape index (κ1) is 11.5. The van der Waals surface area contributed by atoms with E-state index in [2.05, 4.69) is 28.8 Å². The molecule has 0 aliphatic carbocycles. The van der Waals surface area contributed by atoms with Gasteiger partial charge < -0.3 is 15.1 Å². The summed E-state index contributed by atoms with van der Waals surface area (Å²) in [7, 11) is 0. The van der Waals surface area contributed by atoms with E-state index >= 15 is 0 Å². The largest absolute Gasteiger partial charge is 0.472 e. The number of nitrogens with one attached hydrogen (secondary N) is 2. The van der Waals surface area contributed by atoms with Gasteiger partial charge in [-0.2, -0.15) is 0 Å². The van der Waals surface area contributed by atoms with E-state index in [4.69, 9.17) is 4.42 Å². The van der Waals surface area contributed by atoms with Crippen molar-refractivity contribution in [1.29, 1.82) is 0 Å². The number of hydrogen-bond donors (Lipinski definition) is 2. The summed E-state index contributed by atoms with van der Waals surface area (Å²) in [6.45, 7) is 3.86. The van der Waals surface area contributed by atoms with Crippen molar-refractivity contribution in [3.8, 4) is 0 Å². The third-order valence-corrected chi connectivity index (χ3v) is 3.40. The molecule has 0 spiro atoms. The highest BCUT2D eigenvalue weighted by Crippen LogP contribution is 2.15. The molecular weight excluding hydrogens is 224 g/mol. The lowest BCUT2D eigenvalue weighted by Crippen LogP contribution is -2.24. The van der Waals surface area contributed by atoms with Crippen LogP contribution >= 0.6 is 0 Å². The fourth-order valence-electron chi connectivity index (χ4n) is 2.39. The Morgan fingerprint density at radius 1 is 1.11 bits per heavy atom. The van der Waals surface area contributed by atoms with E-state index in [0.29, 0.717) is 0 Å². The maximum absolute atomic E-state index is 5.04. The second-order valence-electron chi connectivity index (χ2n) is 4.76. The van der Waals surface area contributed by atoms with Crippen LogP contribution in [-0.2, 0) is 26.1 Å². The fraction of sp³-hybridized carbons (Fsp3) is 0.333. The molecule has 0 fully saturated rings. The van der Waals surface area contributed by atoms with E-state index in [1.807, 2.05) is 6.07 Å². The molecule has 18 heavy (non-hydrogen) atoms. The van der Waals surface area contributed by atoms with Crippen molar-refractivity contribution in [1.82, 2.24) is 10.6 Å². The molecule has 3 nitrogen and oxygen atoms in total. The Morgan fingerprint density at radius 3 is 2.94 bits per heavy atom. The van der Waals surface area contributed by atoms with E-state index in [1.165, 1.54) is 22.3 Å². The Morgan fingerprint density at radius 2 is 2.06 bits per heavy atom. The van der Waals surface area contributed by atoms with Crippen LogP contribution in [-0.4, -0.2) is 6.54 Å². The van der Waals surface area contributed by atoms with Crippen molar-refractivity contribution < 1.29 is 4.42 Å². The second-order valence-corrected chi connectivity index (χ2v) is 4.76. The van der Waals surface area contributed by atoms with Crippen LogP contribution in [0.5, 0.6) is 0 Å². The SMILES string of the molecule is c1cc(CNCc2ccc3c(c2)CNCC3)co1. The van der Waals surface area contributed by atoms with Crippen molar-refractivity contribution >= 4 is 0 Å². The highest BCUT2D eigenvalue weighted by atomic mass is 16.3. The smallest absolute Gasteiger partial charge is 0.0947 e. The standard InChI is InChI=1S/C15H18N2O/c1-2-14-3-5-16-10-15(14)7-12(1)8-17-9-13-4-6-18-11-13/h1-2,4,6-7,11,16-17H,3,5,8-10H2. The van der Waals surface area contributed by atoms with Gasteiger partial charge in [-0.3, -0.25) is 0 Å². The predicted octanol–water partition coefficient (Wildman–Crippen LogP) is 2.22. The van der Waals surface area contributed by atoms with Crippen molar-refractivity contribution in [3.63, 3.8) is 0 Å². The van der Waals surface area contributed by atoms with E-state index in [0.717, 1.165) is 32.6 Å². The molecular formula is C15H18N2O. The summed E-state index contributed by atoms with van der Waals surface area (Å²) in [5.74, 6) is 0. The van der Waals surface area contributed by atoms with Gasteiger partial charge in [0.05, 0.1) is 12.5 Å². The van der Waals surface area contributed by atoms with Gasteiger partial charge in [-0.05, 0) is 35.7 Å². The Bertz CT molecular complexity index is 505. The molecule has 0 bridgehead atoms. The highest BCUT2D eigenvalue weighted by molar-refractivity contribution is 5.33. The first-order valence-electron chi connectivity index (χ1n) is 6.45. The molecule has 1 aliphatic rings. The third kappa shape index (κ3) is 2.63. The summed E-state index contributed by atoms with van der Waals surface area (Å²) in [6.07, 6.45) is 4.64. The molecule has 1 aliphatic heterocycles. The Kier molecular flexibility index (Phi) is 3.44. The number of fused-ring (bicyclic) bond motifs is 1. The van der Waals surface area contributed by atoms with Gasteiger partial charge in [0.15, 0.2) is 0 Å². The van der Waals surface area contributed by atoms with Crippen molar-refractivity contribution in [2.45, 2.75) is 26.1 Å². The lowest BCUT2D eigenvalue weighted by atomic mass is 9.98. The minimum atomic E-state index is 0.853. The van der Waals surface area contributed by atoms with Crippen LogP contribution in [0, 0.1) is 0 Å². The highest BCUT2D eigenvalue weighted by Gasteiger charge is 2.08. The number of furan rings is 1. The quantitative estimate of drug-likeness (QED) is 0.863. The molecule has 0 amide bonds. The maximum Gasteiger partial charge on any atom is 0.0947 e. The lowest BCUT2D eigenvalue weighted by molar-refractivity contribution is 0.560. The summed E-state index contributed by atoms with van der Waals surface area (Å²) in [4.78, 5) is 0. The zero-order valence-corrected chi connectivity index (χ0v) is 10.4. The van der Waals surface area contributed by atoms with Gasteiger partial charge >= 0.3 is 0 Å². The van der Waals surface area contributed by atoms with Crippen LogP contribution in [0.4, 0.5) is 0 Å². The fourth-order valence-corrected chi connectivity index (χ4v) is 2.39. The molecule has 0 atom stereocenters. The Hall–Kier alpha value is -1.58. The number of rotatable bonds is 4. The molecule has 1 aromatic carbocycles. The molecule has 94 valence electrons. The minimum Gasteiger partial charge on any atom is -0.472 e. The third-order valence-electron chi connectivity index (χ3n) is 3.40. The first-order valence-corrected chi connectivity index (χ1v) is 6.45. The molecule has 2 heterocycles. The van der Waals surface area contributed by atoms with Crippen LogP contribution in [0.1, 0.15) is 22.3 Å². The first-order chi connectivity index (χ1) is 8.92. The minimum absolute atomic E-state index is 0.853. The summed E-state index contributed by atoms with van der Waals surface area (Å²) in [6, 6.07) is 8.80. The monoisotopic (exact) mass is 242 g/mol. The van der Waals surface area contributed by atoms with Gasteiger partial charge in [-0.1, -0.05) is 18.2 Å². The Balaban J connectivity index is 1.59. The second kappa shape index (κ2) is 5.38. The molecule has 2 N–H and O–H groups in total. The molecule has 0 radical (unpaired) electrons.